The van der Waals surface area contributed by atoms with Gasteiger partial charge >= 0.3 is 5.97 Å². The molecule has 1 heterocycles. The number of rotatable bonds is 3. The zero-order valence-electron chi connectivity index (χ0n) is 9.36. The van der Waals surface area contributed by atoms with Crippen molar-refractivity contribution in [2.75, 3.05) is 19.7 Å². The number of nitrogens with one attached hydrogen (secondary N) is 1. The molecule has 0 aromatic rings. The highest BCUT2D eigenvalue weighted by Gasteiger charge is 2.33. The summed E-state index contributed by atoms with van der Waals surface area (Å²) in [5.74, 6) is -1.03. The molecule has 1 aliphatic heterocycles. The molecule has 1 saturated heterocycles. The summed E-state index contributed by atoms with van der Waals surface area (Å²) in [6.45, 7) is 10.2. The lowest BCUT2D eigenvalue weighted by Gasteiger charge is -2.31. The maximum Gasteiger partial charge on any atom is 0.327 e. The smallest absolute Gasteiger partial charge is 0.327 e. The van der Waals surface area contributed by atoms with Crippen molar-refractivity contribution in [3.05, 3.63) is 25.3 Å². The van der Waals surface area contributed by atoms with Crippen LogP contribution in [0.25, 0.3) is 0 Å². The summed E-state index contributed by atoms with van der Waals surface area (Å²) in [4.78, 5) is 20.5. The van der Waals surface area contributed by atoms with Crippen molar-refractivity contribution < 1.29 is 19.4 Å². The first-order valence-corrected chi connectivity index (χ1v) is 4.83. The third kappa shape index (κ3) is 4.86. The van der Waals surface area contributed by atoms with Gasteiger partial charge in [0.1, 0.15) is 5.60 Å². The molecule has 1 fully saturated rings. The summed E-state index contributed by atoms with van der Waals surface area (Å²) in [6, 6.07) is 0. The fourth-order valence-corrected chi connectivity index (χ4v) is 1.10. The first-order chi connectivity index (χ1) is 7.46. The van der Waals surface area contributed by atoms with Crippen LogP contribution in [0.1, 0.15) is 6.92 Å². The number of carbonyl (C=O) groups excluding carboxylic acids is 1. The monoisotopic (exact) mass is 227 g/mol. The molecule has 5 nitrogen and oxygen atoms in total. The Bertz CT molecular complexity index is 280. The summed E-state index contributed by atoms with van der Waals surface area (Å²) >= 11 is 0. The third-order valence-corrected chi connectivity index (χ3v) is 2.04. The Morgan fingerprint density at radius 3 is 2.31 bits per heavy atom. The van der Waals surface area contributed by atoms with Crippen molar-refractivity contribution in [3.8, 4) is 0 Å². The molecule has 0 amide bonds. The van der Waals surface area contributed by atoms with E-state index >= 15 is 0 Å². The first kappa shape index (κ1) is 14.5. The number of carbonyl (C=O) groups is 2. The molecule has 0 aromatic carbocycles. The number of carboxylic acid groups (broad SMARTS) is 1. The van der Waals surface area contributed by atoms with Crippen LogP contribution in [0.5, 0.6) is 0 Å². The van der Waals surface area contributed by atoms with Crippen LogP contribution >= 0.6 is 0 Å². The summed E-state index contributed by atoms with van der Waals surface area (Å²) in [5, 5.41) is 10.7. The molecule has 0 aromatic heterocycles. The lowest BCUT2D eigenvalue weighted by Crippen LogP contribution is -2.52. The van der Waals surface area contributed by atoms with E-state index < -0.39 is 11.6 Å². The lowest BCUT2D eigenvalue weighted by atomic mass is 9.99. The Kier molecular flexibility index (Phi) is 6.29. The zero-order valence-corrected chi connectivity index (χ0v) is 9.36. The van der Waals surface area contributed by atoms with E-state index in [1.807, 2.05) is 0 Å². The van der Waals surface area contributed by atoms with Crippen LogP contribution in [0.3, 0.4) is 0 Å². The average Bonchev–Trinajstić information content (AvgIpc) is 2.29. The fraction of sp³-hybridized carbons (Fsp3) is 0.455. The Morgan fingerprint density at radius 2 is 2.00 bits per heavy atom. The van der Waals surface area contributed by atoms with Gasteiger partial charge in [0, 0.05) is 19.2 Å². The van der Waals surface area contributed by atoms with Crippen LogP contribution in [0.4, 0.5) is 0 Å². The third-order valence-electron chi connectivity index (χ3n) is 2.04. The number of ketones is 1. The topological polar surface area (TPSA) is 75.6 Å². The van der Waals surface area contributed by atoms with E-state index in [1.165, 1.54) is 6.08 Å². The van der Waals surface area contributed by atoms with Crippen LogP contribution in [0.15, 0.2) is 25.3 Å². The van der Waals surface area contributed by atoms with Gasteiger partial charge in [-0.2, -0.15) is 0 Å². The Labute approximate surface area is 94.8 Å². The van der Waals surface area contributed by atoms with Gasteiger partial charge in [-0.15, -0.1) is 0 Å². The Balaban J connectivity index is 0.000000385. The van der Waals surface area contributed by atoms with Crippen LogP contribution < -0.4 is 5.32 Å². The number of ether oxygens (including phenoxy) is 1. The Morgan fingerprint density at radius 1 is 1.44 bits per heavy atom. The summed E-state index contributed by atoms with van der Waals surface area (Å²) in [7, 11) is 0. The number of hydrogen-bond acceptors (Lipinski definition) is 4. The predicted octanol–water partition coefficient (Wildman–Crippen LogP) is 0.377. The molecule has 0 saturated carbocycles. The maximum absolute atomic E-state index is 11.2. The average molecular weight is 227 g/mol. The first-order valence-electron chi connectivity index (χ1n) is 4.83. The summed E-state index contributed by atoms with van der Waals surface area (Å²) in [6.07, 6.45) is 2.15. The van der Waals surface area contributed by atoms with Crippen LogP contribution in [-0.2, 0) is 14.3 Å². The van der Waals surface area contributed by atoms with Gasteiger partial charge in [0.2, 0.25) is 0 Å². The molecule has 0 spiro atoms. The molecule has 2 N–H and O–H groups in total. The van der Waals surface area contributed by atoms with Gasteiger partial charge in [-0.1, -0.05) is 13.2 Å². The molecular weight excluding hydrogens is 210 g/mol. The molecule has 1 aliphatic rings. The van der Waals surface area contributed by atoms with Crippen molar-refractivity contribution in [3.63, 3.8) is 0 Å². The van der Waals surface area contributed by atoms with E-state index in [9.17, 15) is 9.59 Å². The lowest BCUT2D eigenvalue weighted by molar-refractivity contribution is -0.140. The zero-order chi connectivity index (χ0) is 12.6. The molecule has 0 aliphatic carbocycles. The minimum atomic E-state index is -0.981. The highest BCUT2D eigenvalue weighted by Crippen LogP contribution is 2.13. The van der Waals surface area contributed by atoms with Gasteiger partial charge in [-0.3, -0.25) is 4.79 Å². The van der Waals surface area contributed by atoms with E-state index in [0.29, 0.717) is 13.2 Å². The van der Waals surface area contributed by atoms with Crippen LogP contribution in [0, 0.1) is 0 Å². The van der Waals surface area contributed by atoms with Gasteiger partial charge in [0.25, 0.3) is 0 Å². The minimum absolute atomic E-state index is 0.0512. The normalized spacial score (nSPS) is 23.6. The van der Waals surface area contributed by atoms with E-state index in [0.717, 1.165) is 12.6 Å². The van der Waals surface area contributed by atoms with Crippen LogP contribution in [0.2, 0.25) is 0 Å². The highest BCUT2D eigenvalue weighted by molar-refractivity contribution is 5.96. The number of aliphatic carboxylic acids is 1. The highest BCUT2D eigenvalue weighted by atomic mass is 16.5. The summed E-state index contributed by atoms with van der Waals surface area (Å²) < 4.78 is 5.33. The largest absolute Gasteiger partial charge is 0.478 e. The molecule has 16 heavy (non-hydrogen) atoms. The summed E-state index contributed by atoms with van der Waals surface area (Å²) in [5.41, 5.74) is -0.681. The van der Waals surface area contributed by atoms with E-state index in [2.05, 4.69) is 18.5 Å². The van der Waals surface area contributed by atoms with Crippen molar-refractivity contribution in [2.24, 2.45) is 0 Å². The SMILES string of the molecule is C=CC(=O)C1(C)CNCCO1.C=CC(=O)O. The van der Waals surface area contributed by atoms with Crippen molar-refractivity contribution in [2.45, 2.75) is 12.5 Å². The second kappa shape index (κ2) is 6.92. The van der Waals surface area contributed by atoms with Gasteiger partial charge in [-0.25, -0.2) is 4.79 Å². The molecule has 0 radical (unpaired) electrons. The standard InChI is InChI=1S/C8H13NO2.C3H4O2/c1-3-7(10)8(2)6-9-4-5-11-8;1-2-3(4)5/h3,9H,1,4-6H2,2H3;2H,1H2,(H,4,5). The van der Waals surface area contributed by atoms with E-state index in [1.54, 1.807) is 6.92 Å². The quantitative estimate of drug-likeness (QED) is 0.682. The molecule has 0 bridgehead atoms. The predicted molar refractivity (Wildman–Crippen MR) is 60.3 cm³/mol. The molecule has 5 heteroatoms. The maximum atomic E-state index is 11.2. The van der Waals surface area contributed by atoms with Crippen LogP contribution in [-0.4, -0.2) is 42.2 Å². The van der Waals surface area contributed by atoms with E-state index in [-0.39, 0.29) is 5.78 Å². The second-order valence-electron chi connectivity index (χ2n) is 3.37. The fourth-order valence-electron chi connectivity index (χ4n) is 1.10. The molecule has 1 unspecified atom stereocenters. The van der Waals surface area contributed by atoms with Gasteiger partial charge in [0.15, 0.2) is 5.78 Å². The van der Waals surface area contributed by atoms with Gasteiger partial charge < -0.3 is 15.2 Å². The minimum Gasteiger partial charge on any atom is -0.478 e. The molecule has 1 atom stereocenters. The number of morpholine rings is 1. The van der Waals surface area contributed by atoms with Crippen molar-refractivity contribution in [1.82, 2.24) is 5.32 Å². The van der Waals surface area contributed by atoms with E-state index in [4.69, 9.17) is 9.84 Å². The molecular formula is C11H17NO4. The molecule has 90 valence electrons. The second-order valence-corrected chi connectivity index (χ2v) is 3.37. The van der Waals surface area contributed by atoms with Crippen molar-refractivity contribution >= 4 is 11.8 Å². The molecule has 1 rings (SSSR count). The Hall–Kier alpha value is -1.46. The number of carboxylic acids is 1. The van der Waals surface area contributed by atoms with Gasteiger partial charge in [-0.05, 0) is 13.0 Å². The van der Waals surface area contributed by atoms with Gasteiger partial charge in [0.05, 0.1) is 6.61 Å². The number of hydrogen-bond donors (Lipinski definition) is 2. The van der Waals surface area contributed by atoms with Crippen molar-refractivity contribution in [1.29, 1.82) is 0 Å².